The Hall–Kier alpha value is -0.860. The van der Waals surface area contributed by atoms with Crippen LogP contribution in [0.2, 0.25) is 0 Å². The molecule has 0 fully saturated rings. The molecule has 21 heavy (non-hydrogen) atoms. The van der Waals surface area contributed by atoms with Gasteiger partial charge in [0.05, 0.1) is 0 Å². The van der Waals surface area contributed by atoms with Crippen LogP contribution >= 0.6 is 11.5 Å². The molecular weight excluding hydrogens is 308 g/mol. The van der Waals surface area contributed by atoms with Crippen LogP contribution in [0.15, 0.2) is 4.90 Å². The topological polar surface area (TPSA) is 88.3 Å². The van der Waals surface area contributed by atoms with Gasteiger partial charge in [-0.05, 0) is 50.9 Å². The molecule has 1 atom stereocenters. The number of nitrogens with two attached hydrogens (primary N) is 1. The first-order chi connectivity index (χ1) is 9.79. The Morgan fingerprint density at radius 1 is 1.38 bits per heavy atom. The summed E-state index contributed by atoms with van der Waals surface area (Å²) in [5.41, 5.74) is 5.65. The summed E-state index contributed by atoms with van der Waals surface area (Å²) in [6, 6.07) is 0.181. The van der Waals surface area contributed by atoms with E-state index in [9.17, 15) is 8.42 Å². The zero-order valence-corrected chi connectivity index (χ0v) is 14.9. The number of sulfone groups is 1. The second-order valence-corrected chi connectivity index (χ2v) is 7.94. The zero-order valence-electron chi connectivity index (χ0n) is 13.2. The number of nitrogens with zero attached hydrogens (tertiary/aromatic N) is 2. The quantitative estimate of drug-likeness (QED) is 0.718. The van der Waals surface area contributed by atoms with Crippen molar-refractivity contribution in [1.29, 1.82) is 0 Å². The molecule has 0 amide bonds. The molecule has 6 nitrogen and oxygen atoms in total. The number of rotatable bonds is 9. The van der Waals surface area contributed by atoms with Gasteiger partial charge in [-0.25, -0.2) is 8.42 Å². The molecule has 0 aliphatic carbocycles. The fourth-order valence-electron chi connectivity index (χ4n) is 2.20. The fourth-order valence-corrected chi connectivity index (χ4v) is 4.37. The van der Waals surface area contributed by atoms with E-state index in [0.717, 1.165) is 50.3 Å². The maximum Gasteiger partial charge on any atom is 0.182 e. The summed E-state index contributed by atoms with van der Waals surface area (Å²) < 4.78 is 27.4. The molecule has 0 aliphatic rings. The molecule has 0 aromatic carbocycles. The van der Waals surface area contributed by atoms with Crippen LogP contribution in [0, 0.1) is 0 Å². The lowest BCUT2D eigenvalue weighted by Crippen LogP contribution is -2.25. The summed E-state index contributed by atoms with van der Waals surface area (Å²) in [5.74, 6) is 0.0836. The van der Waals surface area contributed by atoms with E-state index in [0.29, 0.717) is 5.00 Å². The van der Waals surface area contributed by atoms with Crippen LogP contribution in [0.4, 0.5) is 10.8 Å². The molecule has 1 unspecified atom stereocenters. The van der Waals surface area contributed by atoms with Crippen LogP contribution in [-0.4, -0.2) is 49.6 Å². The SMILES string of the molecule is CCN(CC)CCCC(C)Nc1snc(N)c1S(C)(=O)=O. The van der Waals surface area contributed by atoms with E-state index < -0.39 is 9.84 Å². The molecule has 1 aromatic rings. The summed E-state index contributed by atoms with van der Waals surface area (Å²) in [4.78, 5) is 2.50. The fraction of sp³-hybridized carbons (Fsp3) is 0.769. The average Bonchev–Trinajstić information content (AvgIpc) is 2.75. The Balaban J connectivity index is 2.58. The van der Waals surface area contributed by atoms with Gasteiger partial charge >= 0.3 is 0 Å². The second kappa shape index (κ2) is 7.95. The number of aromatic nitrogens is 1. The average molecular weight is 335 g/mol. The summed E-state index contributed by atoms with van der Waals surface area (Å²) >= 11 is 1.10. The predicted octanol–water partition coefficient (Wildman–Crippen LogP) is 2.05. The Labute approximate surface area is 131 Å². The highest BCUT2D eigenvalue weighted by atomic mass is 32.2. The minimum atomic E-state index is -3.36. The van der Waals surface area contributed by atoms with Gasteiger partial charge in [0.15, 0.2) is 15.7 Å². The third-order valence-corrected chi connectivity index (χ3v) is 5.50. The van der Waals surface area contributed by atoms with E-state index >= 15 is 0 Å². The van der Waals surface area contributed by atoms with Crippen LogP contribution < -0.4 is 11.1 Å². The Morgan fingerprint density at radius 3 is 2.52 bits per heavy atom. The first-order valence-corrected chi connectivity index (χ1v) is 9.90. The van der Waals surface area contributed by atoms with Gasteiger partial charge in [0, 0.05) is 12.3 Å². The van der Waals surface area contributed by atoms with E-state index in [1.807, 2.05) is 6.92 Å². The van der Waals surface area contributed by atoms with Crippen LogP contribution in [-0.2, 0) is 9.84 Å². The number of hydrogen-bond acceptors (Lipinski definition) is 7. The molecule has 0 bridgehead atoms. The highest BCUT2D eigenvalue weighted by Crippen LogP contribution is 2.32. The van der Waals surface area contributed by atoms with Crippen LogP contribution in [0.5, 0.6) is 0 Å². The predicted molar refractivity (Wildman–Crippen MR) is 89.7 cm³/mol. The molecule has 0 aliphatic heterocycles. The lowest BCUT2D eigenvalue weighted by Gasteiger charge is -2.20. The van der Waals surface area contributed by atoms with Crippen molar-refractivity contribution >= 4 is 32.2 Å². The molecule has 0 radical (unpaired) electrons. The Kier molecular flexibility index (Phi) is 6.89. The molecule has 3 N–H and O–H groups in total. The molecule has 0 saturated heterocycles. The maximum absolute atomic E-state index is 11.7. The lowest BCUT2D eigenvalue weighted by molar-refractivity contribution is 0.295. The summed E-state index contributed by atoms with van der Waals surface area (Å²) in [5, 5.41) is 3.77. The molecule has 1 rings (SSSR count). The summed E-state index contributed by atoms with van der Waals surface area (Å²) in [6.45, 7) is 9.53. The van der Waals surface area contributed by atoms with Crippen molar-refractivity contribution in [2.75, 3.05) is 36.9 Å². The third kappa shape index (κ3) is 5.44. The normalized spacial score (nSPS) is 13.6. The van der Waals surface area contributed by atoms with Gasteiger partial charge in [-0.15, -0.1) is 0 Å². The minimum absolute atomic E-state index is 0.0836. The van der Waals surface area contributed by atoms with Gasteiger partial charge < -0.3 is 16.0 Å². The van der Waals surface area contributed by atoms with E-state index in [4.69, 9.17) is 5.73 Å². The Morgan fingerprint density at radius 2 is 2.00 bits per heavy atom. The van der Waals surface area contributed by atoms with Gasteiger partial charge in [0.2, 0.25) is 0 Å². The third-order valence-electron chi connectivity index (χ3n) is 3.43. The molecule has 1 heterocycles. The van der Waals surface area contributed by atoms with Gasteiger partial charge in [-0.2, -0.15) is 4.37 Å². The van der Waals surface area contributed by atoms with E-state index in [-0.39, 0.29) is 16.8 Å². The van der Waals surface area contributed by atoms with Crippen molar-refractivity contribution in [3.8, 4) is 0 Å². The molecular formula is C13H26N4O2S2. The van der Waals surface area contributed by atoms with Gasteiger partial charge in [0.1, 0.15) is 9.90 Å². The molecule has 8 heteroatoms. The van der Waals surface area contributed by atoms with Crippen LogP contribution in [0.25, 0.3) is 0 Å². The monoisotopic (exact) mass is 334 g/mol. The molecule has 1 aromatic heterocycles. The van der Waals surface area contributed by atoms with Crippen molar-refractivity contribution < 1.29 is 8.42 Å². The maximum atomic E-state index is 11.7. The van der Waals surface area contributed by atoms with Gasteiger partial charge in [-0.3, -0.25) is 0 Å². The van der Waals surface area contributed by atoms with E-state index in [2.05, 4.69) is 28.4 Å². The molecule has 0 saturated carbocycles. The van der Waals surface area contributed by atoms with Crippen LogP contribution in [0.3, 0.4) is 0 Å². The smallest absolute Gasteiger partial charge is 0.182 e. The van der Waals surface area contributed by atoms with E-state index in [1.165, 1.54) is 0 Å². The summed E-state index contributed by atoms with van der Waals surface area (Å²) in [7, 11) is -3.36. The number of nitrogens with one attached hydrogen (secondary N) is 1. The number of anilines is 2. The van der Waals surface area contributed by atoms with Crippen molar-refractivity contribution in [3.63, 3.8) is 0 Å². The standard InChI is InChI=1S/C13H26N4O2S2/c1-5-17(6-2)9-7-8-10(3)15-13-11(21(4,18)19)12(14)16-20-13/h10,15H,5-9H2,1-4H3,(H2,14,16). The van der Waals surface area contributed by atoms with Crippen molar-refractivity contribution in [2.45, 2.75) is 44.6 Å². The van der Waals surface area contributed by atoms with E-state index in [1.54, 1.807) is 0 Å². The highest BCUT2D eigenvalue weighted by Gasteiger charge is 2.22. The first kappa shape index (κ1) is 18.2. The molecule has 0 spiro atoms. The Bertz CT molecular complexity index is 538. The van der Waals surface area contributed by atoms with Gasteiger partial charge in [0.25, 0.3) is 0 Å². The lowest BCUT2D eigenvalue weighted by atomic mass is 10.2. The van der Waals surface area contributed by atoms with Crippen molar-refractivity contribution in [3.05, 3.63) is 0 Å². The number of nitrogen functional groups attached to an aromatic ring is 1. The van der Waals surface area contributed by atoms with Crippen LogP contribution in [0.1, 0.15) is 33.6 Å². The van der Waals surface area contributed by atoms with Crippen molar-refractivity contribution in [2.24, 2.45) is 0 Å². The second-order valence-electron chi connectivity index (χ2n) is 5.21. The van der Waals surface area contributed by atoms with Gasteiger partial charge in [-0.1, -0.05) is 13.8 Å². The largest absolute Gasteiger partial charge is 0.382 e. The first-order valence-electron chi connectivity index (χ1n) is 7.23. The summed E-state index contributed by atoms with van der Waals surface area (Å²) in [6.07, 6.45) is 3.19. The number of hydrogen-bond donors (Lipinski definition) is 2. The molecule has 122 valence electrons. The zero-order chi connectivity index (χ0) is 16.0. The van der Waals surface area contributed by atoms with Crippen molar-refractivity contribution in [1.82, 2.24) is 9.27 Å². The highest BCUT2D eigenvalue weighted by molar-refractivity contribution is 7.91. The minimum Gasteiger partial charge on any atom is -0.382 e.